The number of hydrogen-bond donors (Lipinski definition) is 1. The van der Waals surface area contributed by atoms with Crippen molar-refractivity contribution in [3.63, 3.8) is 0 Å². The number of carbonyl (C=O) groups excluding carboxylic acids is 1. The Bertz CT molecular complexity index is 1170. The zero-order chi connectivity index (χ0) is 22.0. The van der Waals surface area contributed by atoms with Gasteiger partial charge in [0.25, 0.3) is 0 Å². The molecule has 6 nitrogen and oxygen atoms in total. The molecule has 0 aliphatic carbocycles. The zero-order valence-electron chi connectivity index (χ0n) is 16.9. The third-order valence-corrected chi connectivity index (χ3v) is 8.99. The third kappa shape index (κ3) is 4.87. The molecule has 0 bridgehead atoms. The molecule has 0 radical (unpaired) electrons. The summed E-state index contributed by atoms with van der Waals surface area (Å²) in [6, 6.07) is 8.01. The highest BCUT2D eigenvalue weighted by molar-refractivity contribution is 7.89. The lowest BCUT2D eigenvalue weighted by Gasteiger charge is -2.23. The summed E-state index contributed by atoms with van der Waals surface area (Å²) in [4.78, 5) is 19.4. The normalized spacial score (nSPS) is 17.2. The summed E-state index contributed by atoms with van der Waals surface area (Å²) in [7, 11) is -3.85. The van der Waals surface area contributed by atoms with Crippen LogP contribution >= 0.6 is 22.7 Å². The van der Waals surface area contributed by atoms with Gasteiger partial charge < -0.3 is 5.32 Å². The van der Waals surface area contributed by atoms with Crippen molar-refractivity contribution in [2.75, 3.05) is 13.1 Å². The molecule has 1 N–H and O–H groups in total. The number of aromatic nitrogens is 1. The van der Waals surface area contributed by atoms with E-state index in [4.69, 9.17) is 0 Å². The minimum Gasteiger partial charge on any atom is -0.354 e. The van der Waals surface area contributed by atoms with Crippen molar-refractivity contribution < 1.29 is 17.6 Å². The van der Waals surface area contributed by atoms with Gasteiger partial charge >= 0.3 is 0 Å². The highest BCUT2D eigenvalue weighted by Gasteiger charge is 2.39. The fraction of sp³-hybridized carbons (Fsp3) is 0.333. The van der Waals surface area contributed by atoms with Crippen LogP contribution in [0.25, 0.3) is 10.6 Å². The van der Waals surface area contributed by atoms with E-state index in [1.165, 1.54) is 16.4 Å². The van der Waals surface area contributed by atoms with Gasteiger partial charge in [0.2, 0.25) is 15.9 Å². The highest BCUT2D eigenvalue weighted by Crippen LogP contribution is 2.29. The first-order valence-corrected chi connectivity index (χ1v) is 13.0. The quantitative estimate of drug-likeness (QED) is 0.559. The summed E-state index contributed by atoms with van der Waals surface area (Å²) in [5.41, 5.74) is 0.968. The number of thiazole rings is 1. The van der Waals surface area contributed by atoms with Gasteiger partial charge in [-0.2, -0.15) is 4.31 Å². The first kappa shape index (κ1) is 22.1. The number of hydrogen-bond acceptors (Lipinski definition) is 6. The van der Waals surface area contributed by atoms with Crippen molar-refractivity contribution in [3.8, 4) is 10.6 Å². The molecule has 1 aliphatic heterocycles. The van der Waals surface area contributed by atoms with Crippen molar-refractivity contribution in [1.29, 1.82) is 0 Å². The monoisotopic (exact) mass is 479 g/mol. The molecule has 3 heterocycles. The molecule has 164 valence electrons. The van der Waals surface area contributed by atoms with Gasteiger partial charge in [-0.15, -0.1) is 22.7 Å². The van der Waals surface area contributed by atoms with Crippen LogP contribution in [0.15, 0.2) is 46.7 Å². The van der Waals surface area contributed by atoms with E-state index in [2.05, 4.69) is 10.3 Å². The number of amides is 1. The minimum atomic E-state index is -3.85. The number of aryl methyl sites for hydroxylation is 1. The molecular weight excluding hydrogens is 457 g/mol. The van der Waals surface area contributed by atoms with E-state index in [1.54, 1.807) is 22.7 Å². The number of rotatable bonds is 7. The Morgan fingerprint density at radius 2 is 2.03 bits per heavy atom. The maximum Gasteiger partial charge on any atom is 0.243 e. The average molecular weight is 480 g/mol. The van der Waals surface area contributed by atoms with Crippen LogP contribution in [-0.4, -0.2) is 42.7 Å². The van der Waals surface area contributed by atoms with Crippen molar-refractivity contribution in [1.82, 2.24) is 14.6 Å². The van der Waals surface area contributed by atoms with E-state index in [1.807, 2.05) is 24.4 Å². The number of thiophene rings is 1. The second-order valence-corrected chi connectivity index (χ2v) is 11.4. The van der Waals surface area contributed by atoms with Crippen LogP contribution in [0.5, 0.6) is 0 Å². The lowest BCUT2D eigenvalue weighted by molar-refractivity contribution is -0.124. The summed E-state index contributed by atoms with van der Waals surface area (Å²) in [6.07, 6.45) is 1.75. The maximum atomic E-state index is 13.2. The van der Waals surface area contributed by atoms with Gasteiger partial charge in [-0.25, -0.2) is 17.8 Å². The first-order valence-electron chi connectivity index (χ1n) is 9.91. The molecule has 31 heavy (non-hydrogen) atoms. The second-order valence-electron chi connectivity index (χ2n) is 7.29. The second kappa shape index (κ2) is 9.15. The molecule has 0 spiro atoms. The minimum absolute atomic E-state index is 0.00279. The Labute approximate surface area is 188 Å². The number of halogens is 1. The number of carbonyl (C=O) groups is 1. The lowest BCUT2D eigenvalue weighted by atomic mass is 10.2. The predicted octanol–water partition coefficient (Wildman–Crippen LogP) is 3.83. The molecule has 3 aromatic rings. The fourth-order valence-electron chi connectivity index (χ4n) is 3.59. The van der Waals surface area contributed by atoms with E-state index >= 15 is 0 Å². The van der Waals surface area contributed by atoms with Gasteiger partial charge in [0.15, 0.2) is 0 Å². The number of nitrogens with one attached hydrogen (secondary N) is 1. The summed E-state index contributed by atoms with van der Waals surface area (Å²) in [5, 5.41) is 5.93. The molecule has 1 fully saturated rings. The van der Waals surface area contributed by atoms with Crippen LogP contribution in [0, 0.1) is 12.7 Å². The van der Waals surface area contributed by atoms with Crippen LogP contribution < -0.4 is 5.32 Å². The number of benzene rings is 1. The van der Waals surface area contributed by atoms with Crippen molar-refractivity contribution in [3.05, 3.63) is 57.5 Å². The largest absolute Gasteiger partial charge is 0.354 e. The average Bonchev–Trinajstić information content (AvgIpc) is 3.49. The summed E-state index contributed by atoms with van der Waals surface area (Å²) >= 11 is 3.25. The number of sulfonamides is 1. The van der Waals surface area contributed by atoms with E-state index in [9.17, 15) is 17.6 Å². The van der Waals surface area contributed by atoms with E-state index in [0.717, 1.165) is 32.6 Å². The van der Waals surface area contributed by atoms with E-state index in [0.29, 0.717) is 25.8 Å². The zero-order valence-corrected chi connectivity index (χ0v) is 19.3. The Balaban J connectivity index is 1.36. The summed E-state index contributed by atoms with van der Waals surface area (Å²) < 4.78 is 40.2. The molecule has 1 aromatic carbocycles. The Hall–Kier alpha value is -2.14. The molecule has 4 rings (SSSR count). The Kier molecular flexibility index (Phi) is 6.52. The van der Waals surface area contributed by atoms with E-state index < -0.39 is 21.9 Å². The van der Waals surface area contributed by atoms with Crippen LogP contribution in [0.2, 0.25) is 0 Å². The van der Waals surface area contributed by atoms with Gasteiger partial charge in [0.1, 0.15) is 11.9 Å². The standard InChI is InChI=1S/C21H22FN3O3S3/c1-14-24-18(13-29-14)20-9-6-16(30-20)10-11-23-21(26)19-3-2-12-25(19)31(27,28)17-7-4-15(22)5-8-17/h4-9,13,19H,2-3,10-12H2,1H3,(H,23,26). The number of nitrogens with zero attached hydrogens (tertiary/aromatic N) is 2. The summed E-state index contributed by atoms with van der Waals surface area (Å²) in [5.74, 6) is -0.800. The highest BCUT2D eigenvalue weighted by atomic mass is 32.2. The molecule has 1 amide bonds. The van der Waals surface area contributed by atoms with Gasteiger partial charge in [-0.05, 0) is 62.6 Å². The van der Waals surface area contributed by atoms with Crippen LogP contribution in [0.4, 0.5) is 4.39 Å². The molecule has 1 saturated heterocycles. The summed E-state index contributed by atoms with van der Waals surface area (Å²) in [6.45, 7) is 2.68. The SMILES string of the molecule is Cc1nc(-c2ccc(CCNC(=O)C3CCCN3S(=O)(=O)c3ccc(F)cc3)s2)cs1. The molecular formula is C21H22FN3O3S3. The first-order chi connectivity index (χ1) is 14.8. The van der Waals surface area contributed by atoms with Gasteiger partial charge in [-0.1, -0.05) is 0 Å². The van der Waals surface area contributed by atoms with Crippen molar-refractivity contribution >= 4 is 38.6 Å². The third-order valence-electron chi connectivity index (χ3n) is 5.13. The fourth-order valence-corrected chi connectivity index (χ4v) is 6.90. The van der Waals surface area contributed by atoms with E-state index in [-0.39, 0.29) is 17.3 Å². The van der Waals surface area contributed by atoms with Gasteiger partial charge in [0, 0.05) is 23.3 Å². The Morgan fingerprint density at radius 3 is 2.74 bits per heavy atom. The molecule has 0 saturated carbocycles. The topological polar surface area (TPSA) is 79.4 Å². The molecule has 1 aliphatic rings. The Morgan fingerprint density at radius 1 is 1.26 bits per heavy atom. The van der Waals surface area contributed by atoms with Gasteiger partial charge in [0.05, 0.1) is 20.5 Å². The maximum absolute atomic E-state index is 13.2. The smallest absolute Gasteiger partial charge is 0.243 e. The van der Waals surface area contributed by atoms with Crippen LogP contribution in [0.3, 0.4) is 0 Å². The molecule has 1 atom stereocenters. The van der Waals surface area contributed by atoms with Crippen LogP contribution in [-0.2, 0) is 21.2 Å². The molecule has 1 unspecified atom stereocenters. The van der Waals surface area contributed by atoms with Gasteiger partial charge in [-0.3, -0.25) is 4.79 Å². The molecule has 2 aromatic heterocycles. The predicted molar refractivity (Wildman–Crippen MR) is 120 cm³/mol. The van der Waals surface area contributed by atoms with Crippen LogP contribution in [0.1, 0.15) is 22.7 Å². The van der Waals surface area contributed by atoms with Crippen molar-refractivity contribution in [2.24, 2.45) is 0 Å². The van der Waals surface area contributed by atoms with Crippen molar-refractivity contribution in [2.45, 2.75) is 37.1 Å². The lowest BCUT2D eigenvalue weighted by Crippen LogP contribution is -2.46. The molecule has 10 heteroatoms.